The van der Waals surface area contributed by atoms with E-state index >= 15 is 0 Å². The maximum Gasteiger partial charge on any atom is 0.234 e. The number of nitrogens with two attached hydrogens (primary N) is 1. The van der Waals surface area contributed by atoms with Crippen molar-refractivity contribution in [3.05, 3.63) is 48.0 Å². The van der Waals surface area contributed by atoms with Crippen molar-refractivity contribution in [2.24, 2.45) is 10.7 Å². The third kappa shape index (κ3) is 5.19. The molecule has 11 heteroatoms. The summed E-state index contributed by atoms with van der Waals surface area (Å²) >= 11 is 0. The standard InChI is InChI=1S/C19H19FN6O3S.C3H6/c1-10-18(21)25-15(9-30(10,27)28)12-7-11(3-4-13(12)20)24-14-5-6-22-19-17(14)23-8-16(26-19)29-2;1-2-3-1/h3-8,10,15H,9H2,1-2H3,(H2,21,25)(H,22,24,26);1-3H2. The van der Waals surface area contributed by atoms with Crippen molar-refractivity contribution in [1.29, 1.82) is 0 Å². The molecule has 2 aliphatic rings. The van der Waals surface area contributed by atoms with Crippen molar-refractivity contribution in [3.8, 4) is 5.88 Å². The quantitative estimate of drug-likeness (QED) is 0.591. The van der Waals surface area contributed by atoms with Crippen LogP contribution in [-0.4, -0.2) is 47.3 Å². The number of nitrogens with one attached hydrogen (secondary N) is 1. The Hall–Kier alpha value is -3.34. The van der Waals surface area contributed by atoms with Crippen molar-refractivity contribution < 1.29 is 17.5 Å². The number of ether oxygens (including phenoxy) is 1. The zero-order valence-corrected chi connectivity index (χ0v) is 19.1. The van der Waals surface area contributed by atoms with E-state index in [1.54, 1.807) is 12.3 Å². The van der Waals surface area contributed by atoms with E-state index in [9.17, 15) is 12.8 Å². The first-order valence-electron chi connectivity index (χ1n) is 10.6. The average Bonchev–Trinajstić information content (AvgIpc) is 3.68. The molecular formula is C22H25FN6O3S. The van der Waals surface area contributed by atoms with Crippen LogP contribution in [0.2, 0.25) is 0 Å². The van der Waals surface area contributed by atoms with Crippen LogP contribution in [0.15, 0.2) is 41.7 Å². The number of halogens is 1. The van der Waals surface area contributed by atoms with Crippen LogP contribution in [0.25, 0.3) is 11.2 Å². The third-order valence-electron chi connectivity index (χ3n) is 5.27. The minimum Gasteiger partial charge on any atom is -0.480 e. The molecule has 3 N–H and O–H groups in total. The monoisotopic (exact) mass is 472 g/mol. The molecule has 3 aromatic rings. The Bertz CT molecular complexity index is 1310. The number of hydrogen-bond acceptors (Lipinski definition) is 9. The highest BCUT2D eigenvalue weighted by Crippen LogP contribution is 2.31. The van der Waals surface area contributed by atoms with Crippen molar-refractivity contribution in [2.75, 3.05) is 18.2 Å². The smallest absolute Gasteiger partial charge is 0.234 e. The van der Waals surface area contributed by atoms with Gasteiger partial charge in [-0.3, -0.25) is 4.99 Å². The van der Waals surface area contributed by atoms with Crippen LogP contribution in [0.1, 0.15) is 37.8 Å². The van der Waals surface area contributed by atoms with Crippen LogP contribution < -0.4 is 15.8 Å². The molecule has 1 aromatic carbocycles. The second kappa shape index (κ2) is 9.26. The van der Waals surface area contributed by atoms with Gasteiger partial charge in [0, 0.05) is 17.4 Å². The zero-order chi connectivity index (χ0) is 23.6. The molecule has 2 unspecified atom stereocenters. The number of amidine groups is 1. The number of aliphatic imine (C=N–C) groups is 1. The summed E-state index contributed by atoms with van der Waals surface area (Å²) in [5.74, 6) is -0.553. The molecule has 2 atom stereocenters. The summed E-state index contributed by atoms with van der Waals surface area (Å²) in [5, 5.41) is 2.27. The Morgan fingerprint density at radius 1 is 1.18 bits per heavy atom. The average molecular weight is 473 g/mol. The molecule has 3 heterocycles. The molecule has 1 aliphatic heterocycles. The molecule has 174 valence electrons. The van der Waals surface area contributed by atoms with Crippen molar-refractivity contribution >= 4 is 38.2 Å². The Morgan fingerprint density at radius 2 is 1.94 bits per heavy atom. The molecule has 0 amide bonds. The first-order chi connectivity index (χ1) is 15.8. The van der Waals surface area contributed by atoms with Gasteiger partial charge in [-0.05, 0) is 31.2 Å². The topological polar surface area (TPSA) is 132 Å². The summed E-state index contributed by atoms with van der Waals surface area (Å²) in [7, 11) is -2.03. The van der Waals surface area contributed by atoms with E-state index in [-0.39, 0.29) is 17.2 Å². The molecule has 0 radical (unpaired) electrons. The molecular weight excluding hydrogens is 447 g/mol. The van der Waals surface area contributed by atoms with Crippen LogP contribution in [0.4, 0.5) is 15.8 Å². The van der Waals surface area contributed by atoms with E-state index in [1.165, 1.54) is 57.7 Å². The van der Waals surface area contributed by atoms with Gasteiger partial charge in [0.2, 0.25) is 5.88 Å². The van der Waals surface area contributed by atoms with Gasteiger partial charge in [-0.1, -0.05) is 19.3 Å². The summed E-state index contributed by atoms with van der Waals surface area (Å²) < 4.78 is 44.2. The number of pyridine rings is 1. The molecule has 0 saturated heterocycles. The minimum absolute atomic E-state index is 0.0200. The first-order valence-corrected chi connectivity index (χ1v) is 12.3. The van der Waals surface area contributed by atoms with Crippen molar-refractivity contribution in [3.63, 3.8) is 0 Å². The van der Waals surface area contributed by atoms with E-state index in [4.69, 9.17) is 10.5 Å². The number of aromatic nitrogens is 3. The van der Waals surface area contributed by atoms with Gasteiger partial charge in [0.25, 0.3) is 0 Å². The van der Waals surface area contributed by atoms with Gasteiger partial charge in [0.15, 0.2) is 15.5 Å². The number of anilines is 2. The largest absolute Gasteiger partial charge is 0.480 e. The molecule has 1 aliphatic carbocycles. The number of methoxy groups -OCH3 is 1. The predicted octanol–water partition coefficient (Wildman–Crippen LogP) is 3.30. The highest BCUT2D eigenvalue weighted by atomic mass is 32.2. The fourth-order valence-corrected chi connectivity index (χ4v) is 4.58. The number of benzene rings is 1. The van der Waals surface area contributed by atoms with E-state index in [1.807, 2.05) is 0 Å². The van der Waals surface area contributed by atoms with E-state index in [2.05, 4.69) is 25.3 Å². The van der Waals surface area contributed by atoms with E-state index in [0.29, 0.717) is 28.4 Å². The molecule has 5 rings (SSSR count). The maximum atomic E-state index is 14.5. The lowest BCUT2D eigenvalue weighted by Crippen LogP contribution is -2.40. The van der Waals surface area contributed by atoms with E-state index in [0.717, 1.165) is 0 Å². The maximum absolute atomic E-state index is 14.5. The number of sulfone groups is 1. The Labute approximate surface area is 191 Å². The SMILES string of the molecule is C1CC1.COc1cnc2c(Nc3ccc(F)c(C4CS(=O)(=O)C(C)C(N)=N4)c3)ccnc2n1. The lowest BCUT2D eigenvalue weighted by Gasteiger charge is -2.24. The lowest BCUT2D eigenvalue weighted by atomic mass is 10.1. The van der Waals surface area contributed by atoms with E-state index < -0.39 is 26.9 Å². The molecule has 0 bridgehead atoms. The number of hydrogen-bond donors (Lipinski definition) is 2. The highest BCUT2D eigenvalue weighted by molar-refractivity contribution is 7.92. The molecule has 1 saturated carbocycles. The van der Waals surface area contributed by atoms with Crippen LogP contribution >= 0.6 is 0 Å². The van der Waals surface area contributed by atoms with Gasteiger partial charge < -0.3 is 15.8 Å². The van der Waals surface area contributed by atoms with Gasteiger partial charge in [-0.15, -0.1) is 0 Å². The molecule has 1 fully saturated rings. The van der Waals surface area contributed by atoms with Crippen molar-refractivity contribution in [2.45, 2.75) is 37.5 Å². The normalized spacial score (nSPS) is 20.9. The van der Waals surface area contributed by atoms with Gasteiger partial charge >= 0.3 is 0 Å². The second-order valence-corrected chi connectivity index (χ2v) is 10.3. The minimum atomic E-state index is -3.51. The van der Waals surface area contributed by atoms with Crippen LogP contribution in [0.3, 0.4) is 0 Å². The first kappa shape index (κ1) is 22.8. The van der Waals surface area contributed by atoms with Crippen LogP contribution in [0.5, 0.6) is 5.88 Å². The Balaban J connectivity index is 0.000000799. The highest BCUT2D eigenvalue weighted by Gasteiger charge is 2.34. The zero-order valence-electron chi connectivity index (χ0n) is 18.3. The van der Waals surface area contributed by atoms with Crippen molar-refractivity contribution in [1.82, 2.24) is 15.0 Å². The number of nitrogens with zero attached hydrogens (tertiary/aromatic N) is 4. The molecule has 33 heavy (non-hydrogen) atoms. The Morgan fingerprint density at radius 3 is 2.61 bits per heavy atom. The summed E-state index contributed by atoms with van der Waals surface area (Å²) in [6.45, 7) is 1.48. The predicted molar refractivity (Wildman–Crippen MR) is 125 cm³/mol. The van der Waals surface area contributed by atoms with Gasteiger partial charge in [-0.2, -0.15) is 4.98 Å². The van der Waals surface area contributed by atoms with Crippen LogP contribution in [-0.2, 0) is 9.84 Å². The van der Waals surface area contributed by atoms with Gasteiger partial charge in [-0.25, -0.2) is 22.8 Å². The van der Waals surface area contributed by atoms with Gasteiger partial charge in [0.05, 0.1) is 30.8 Å². The summed E-state index contributed by atoms with van der Waals surface area (Å²) in [6, 6.07) is 5.11. The number of rotatable bonds is 4. The third-order valence-corrected chi connectivity index (χ3v) is 7.37. The van der Waals surface area contributed by atoms with Crippen LogP contribution in [0, 0.1) is 5.82 Å². The molecule has 9 nitrogen and oxygen atoms in total. The second-order valence-electron chi connectivity index (χ2n) is 7.91. The molecule has 0 spiro atoms. The summed E-state index contributed by atoms with van der Waals surface area (Å²) in [5.41, 5.74) is 7.93. The molecule has 2 aromatic heterocycles. The fourth-order valence-electron chi connectivity index (χ4n) is 3.17. The fraction of sp³-hybridized carbons (Fsp3) is 0.364. The number of fused-ring (bicyclic) bond motifs is 1. The lowest BCUT2D eigenvalue weighted by molar-refractivity contribution is 0.397. The summed E-state index contributed by atoms with van der Waals surface area (Å²) in [4.78, 5) is 16.9. The Kier molecular flexibility index (Phi) is 6.41. The van der Waals surface area contributed by atoms with Gasteiger partial charge in [0.1, 0.15) is 22.4 Å². The summed E-state index contributed by atoms with van der Waals surface area (Å²) in [6.07, 6.45) is 7.53.